The third kappa shape index (κ3) is 9.14. The molecule has 1 unspecified atom stereocenters. The van der Waals surface area contributed by atoms with Gasteiger partial charge >= 0.3 is 0 Å². The van der Waals surface area contributed by atoms with E-state index in [0.717, 1.165) is 16.9 Å². The number of carbonyl (C=O) groups excluding carboxylic acids is 2. The quantitative estimate of drug-likeness (QED) is 0.196. The number of carbonyl (C=O) groups is 2. The number of benzene rings is 4. The fourth-order valence-electron chi connectivity index (χ4n) is 3.66. The average molecular weight is 564 g/mol. The first-order valence-corrected chi connectivity index (χ1v) is 13.1. The van der Waals surface area contributed by atoms with Crippen LogP contribution in [0.15, 0.2) is 103 Å². The molecule has 1 amide bonds. The maximum Gasteiger partial charge on any atom is 0.258 e. The fourth-order valence-corrected chi connectivity index (χ4v) is 3.95. The Labute approximate surface area is 237 Å². The van der Waals surface area contributed by atoms with Gasteiger partial charge in [-0.3, -0.25) is 9.59 Å². The second-order valence-corrected chi connectivity index (χ2v) is 9.50. The summed E-state index contributed by atoms with van der Waals surface area (Å²) in [4.78, 5) is 25.9. The van der Waals surface area contributed by atoms with Crippen molar-refractivity contribution in [3.63, 3.8) is 0 Å². The number of amides is 1. The number of rotatable bonds is 13. The Balaban J connectivity index is 1.36. The molecule has 8 heteroatoms. The zero-order chi connectivity index (χ0) is 27.5. The molecule has 4 aromatic carbocycles. The van der Waals surface area contributed by atoms with Crippen LogP contribution in [0.2, 0.25) is 10.0 Å². The molecular weight excluding hydrogens is 537 g/mol. The van der Waals surface area contributed by atoms with Crippen molar-refractivity contribution < 1.29 is 23.8 Å². The summed E-state index contributed by atoms with van der Waals surface area (Å²) in [5.74, 6) is 1.12. The van der Waals surface area contributed by atoms with Gasteiger partial charge in [-0.15, -0.1) is 0 Å². The molecule has 4 rings (SSSR count). The predicted molar refractivity (Wildman–Crippen MR) is 152 cm³/mol. The third-order valence-electron chi connectivity index (χ3n) is 5.66. The zero-order valence-electron chi connectivity index (χ0n) is 21.0. The van der Waals surface area contributed by atoms with Crippen molar-refractivity contribution >= 4 is 34.9 Å². The van der Waals surface area contributed by atoms with Gasteiger partial charge in [0.2, 0.25) is 0 Å². The van der Waals surface area contributed by atoms with Crippen molar-refractivity contribution in [2.75, 3.05) is 13.2 Å². The lowest BCUT2D eigenvalue weighted by Crippen LogP contribution is -2.46. The van der Waals surface area contributed by atoms with Crippen molar-refractivity contribution in [2.24, 2.45) is 0 Å². The molecule has 0 fully saturated rings. The Kier molecular flexibility index (Phi) is 10.4. The first kappa shape index (κ1) is 28.2. The Morgan fingerprint density at radius 1 is 0.718 bits per heavy atom. The van der Waals surface area contributed by atoms with E-state index in [1.807, 2.05) is 72.8 Å². The van der Waals surface area contributed by atoms with E-state index in [2.05, 4.69) is 5.32 Å². The Hall–Kier alpha value is -3.84. The van der Waals surface area contributed by atoms with E-state index < -0.39 is 11.9 Å². The van der Waals surface area contributed by atoms with Gasteiger partial charge in [0.1, 0.15) is 23.3 Å². The van der Waals surface area contributed by atoms with Gasteiger partial charge in [-0.25, -0.2) is 0 Å². The summed E-state index contributed by atoms with van der Waals surface area (Å²) in [5, 5.41) is 3.44. The largest absolute Gasteiger partial charge is 0.484 e. The first-order valence-electron chi connectivity index (χ1n) is 12.3. The van der Waals surface area contributed by atoms with E-state index in [-0.39, 0.29) is 25.4 Å². The minimum absolute atomic E-state index is 0.0153. The van der Waals surface area contributed by atoms with Crippen LogP contribution in [0, 0.1) is 0 Å². The molecule has 39 heavy (non-hydrogen) atoms. The van der Waals surface area contributed by atoms with Crippen LogP contribution in [-0.4, -0.2) is 30.9 Å². The highest BCUT2D eigenvalue weighted by Crippen LogP contribution is 2.26. The number of ketones is 1. The second-order valence-electron chi connectivity index (χ2n) is 8.69. The highest BCUT2D eigenvalue weighted by atomic mass is 35.5. The van der Waals surface area contributed by atoms with Gasteiger partial charge in [0, 0.05) is 12.5 Å². The van der Waals surface area contributed by atoms with Crippen molar-refractivity contribution in [3.05, 3.63) is 124 Å². The van der Waals surface area contributed by atoms with Crippen molar-refractivity contribution in [3.8, 4) is 17.2 Å². The van der Waals surface area contributed by atoms with Gasteiger partial charge in [0.05, 0.1) is 23.3 Å². The van der Waals surface area contributed by atoms with Gasteiger partial charge in [-0.1, -0.05) is 83.9 Å². The minimum atomic E-state index is -0.862. The normalized spacial score (nSPS) is 11.4. The molecule has 6 nitrogen and oxygen atoms in total. The van der Waals surface area contributed by atoms with Crippen LogP contribution in [0.5, 0.6) is 17.2 Å². The molecule has 0 aliphatic heterocycles. The maximum atomic E-state index is 13.2. The number of para-hydroxylation sites is 1. The number of nitrogens with one attached hydrogen (secondary N) is 1. The Bertz CT molecular complexity index is 1370. The number of hydrogen-bond donors (Lipinski definition) is 1. The molecule has 0 heterocycles. The lowest BCUT2D eigenvalue weighted by atomic mass is 10.0. The van der Waals surface area contributed by atoms with Crippen LogP contribution < -0.4 is 14.8 Å². The van der Waals surface area contributed by atoms with E-state index >= 15 is 0 Å². The summed E-state index contributed by atoms with van der Waals surface area (Å²) in [6.07, 6.45) is 0.110. The lowest BCUT2D eigenvalue weighted by molar-refractivity contribution is -0.130. The topological polar surface area (TPSA) is 73.9 Å². The molecule has 0 radical (unpaired) electrons. The third-order valence-corrected chi connectivity index (χ3v) is 6.40. The van der Waals surface area contributed by atoms with E-state index in [9.17, 15) is 9.59 Å². The molecule has 0 bridgehead atoms. The summed E-state index contributed by atoms with van der Waals surface area (Å²) in [7, 11) is 0. The minimum Gasteiger partial charge on any atom is -0.484 e. The molecule has 0 aromatic heterocycles. The standard InChI is InChI=1S/C31H27Cl2NO5/c32-27-16-15-26(18-28(27)33)38-21-31(36)34-29(20-37-19-23-7-3-1-4-8-23)30(35)17-22-11-13-25(14-12-22)39-24-9-5-2-6-10-24/h1-16,18,29H,17,19-21H2,(H,34,36). The summed E-state index contributed by atoms with van der Waals surface area (Å²) in [6.45, 7) is 0.0270. The van der Waals surface area contributed by atoms with E-state index in [1.54, 1.807) is 24.3 Å². The van der Waals surface area contributed by atoms with Gasteiger partial charge < -0.3 is 19.5 Å². The molecule has 1 atom stereocenters. The molecule has 0 saturated carbocycles. The van der Waals surface area contributed by atoms with Crippen LogP contribution in [0.3, 0.4) is 0 Å². The summed E-state index contributed by atoms with van der Waals surface area (Å²) < 4.78 is 17.1. The number of ether oxygens (including phenoxy) is 3. The summed E-state index contributed by atoms with van der Waals surface area (Å²) in [5.41, 5.74) is 1.75. The van der Waals surface area contributed by atoms with Gasteiger partial charge in [-0.05, 0) is 47.5 Å². The second kappa shape index (κ2) is 14.4. The Morgan fingerprint density at radius 3 is 2.05 bits per heavy atom. The summed E-state index contributed by atoms with van der Waals surface area (Å²) >= 11 is 11.9. The van der Waals surface area contributed by atoms with Gasteiger partial charge in [0.25, 0.3) is 5.91 Å². The van der Waals surface area contributed by atoms with Crippen LogP contribution in [0.4, 0.5) is 0 Å². The molecule has 0 spiro atoms. The van der Waals surface area contributed by atoms with Crippen molar-refractivity contribution in [2.45, 2.75) is 19.1 Å². The average Bonchev–Trinajstić information content (AvgIpc) is 2.95. The SMILES string of the molecule is O=C(COc1ccc(Cl)c(Cl)c1)NC(COCc1ccccc1)C(=O)Cc1ccc(Oc2ccccc2)cc1. The smallest absolute Gasteiger partial charge is 0.258 e. The van der Waals surface area contributed by atoms with Crippen LogP contribution >= 0.6 is 23.2 Å². The lowest BCUT2D eigenvalue weighted by Gasteiger charge is -2.18. The first-order chi connectivity index (χ1) is 19.0. The number of Topliss-reactive ketones (excluding diaryl/α,β-unsaturated/α-hetero) is 1. The van der Waals surface area contributed by atoms with Gasteiger partial charge in [0.15, 0.2) is 12.4 Å². The molecule has 0 aliphatic carbocycles. The molecule has 0 saturated heterocycles. The number of hydrogen-bond acceptors (Lipinski definition) is 5. The molecular formula is C31H27Cl2NO5. The molecule has 1 N–H and O–H groups in total. The van der Waals surface area contributed by atoms with Crippen molar-refractivity contribution in [1.82, 2.24) is 5.32 Å². The van der Waals surface area contributed by atoms with E-state index in [4.69, 9.17) is 37.4 Å². The van der Waals surface area contributed by atoms with Crippen LogP contribution in [0.25, 0.3) is 0 Å². The zero-order valence-corrected chi connectivity index (χ0v) is 22.5. The molecule has 0 aliphatic rings. The molecule has 4 aromatic rings. The maximum absolute atomic E-state index is 13.2. The van der Waals surface area contributed by atoms with E-state index in [0.29, 0.717) is 28.2 Å². The van der Waals surface area contributed by atoms with Crippen LogP contribution in [-0.2, 0) is 27.4 Å². The summed E-state index contributed by atoms with van der Waals surface area (Å²) in [6, 6.07) is 30.2. The van der Waals surface area contributed by atoms with Crippen LogP contribution in [0.1, 0.15) is 11.1 Å². The Morgan fingerprint density at radius 2 is 1.36 bits per heavy atom. The highest BCUT2D eigenvalue weighted by Gasteiger charge is 2.22. The monoisotopic (exact) mass is 563 g/mol. The van der Waals surface area contributed by atoms with Crippen molar-refractivity contribution in [1.29, 1.82) is 0 Å². The van der Waals surface area contributed by atoms with E-state index in [1.165, 1.54) is 6.07 Å². The fraction of sp³-hybridized carbons (Fsp3) is 0.161. The highest BCUT2D eigenvalue weighted by molar-refractivity contribution is 6.42. The molecule has 200 valence electrons. The predicted octanol–water partition coefficient (Wildman–Crippen LogP) is 6.68. The van der Waals surface area contributed by atoms with Gasteiger partial charge in [-0.2, -0.15) is 0 Å². The number of halogens is 2.